The standard InChI is InChI=1S/C21H40O/c1-4-6-8-18-9-11-19(12-10-18)20-13-14-21(17(3)16-20)22-15-7-5-2/h17-21H,4-16H2,1-3H3/t17?,18-,19-,20?,21?. The van der Waals surface area contributed by atoms with Gasteiger partial charge in [-0.05, 0) is 62.2 Å². The summed E-state index contributed by atoms with van der Waals surface area (Å²) in [5.74, 6) is 3.89. The van der Waals surface area contributed by atoms with Crippen molar-refractivity contribution in [1.82, 2.24) is 0 Å². The fourth-order valence-corrected chi connectivity index (χ4v) is 4.91. The molecule has 0 aromatic heterocycles. The van der Waals surface area contributed by atoms with Crippen LogP contribution in [0, 0.1) is 23.7 Å². The van der Waals surface area contributed by atoms with Crippen LogP contribution < -0.4 is 0 Å². The molecule has 0 aromatic rings. The van der Waals surface area contributed by atoms with E-state index in [0.29, 0.717) is 6.10 Å². The lowest BCUT2D eigenvalue weighted by Gasteiger charge is -2.40. The Kier molecular flexibility index (Phi) is 8.28. The van der Waals surface area contributed by atoms with Gasteiger partial charge in [0.1, 0.15) is 0 Å². The van der Waals surface area contributed by atoms with Crippen molar-refractivity contribution in [3.8, 4) is 0 Å². The summed E-state index contributed by atoms with van der Waals surface area (Å²) >= 11 is 0. The zero-order valence-corrected chi connectivity index (χ0v) is 15.5. The van der Waals surface area contributed by atoms with Crippen molar-refractivity contribution in [1.29, 1.82) is 0 Å². The van der Waals surface area contributed by atoms with Crippen molar-refractivity contribution < 1.29 is 4.74 Å². The van der Waals surface area contributed by atoms with E-state index in [4.69, 9.17) is 4.74 Å². The second kappa shape index (κ2) is 9.96. The lowest BCUT2D eigenvalue weighted by Crippen LogP contribution is -2.34. The van der Waals surface area contributed by atoms with E-state index < -0.39 is 0 Å². The molecule has 22 heavy (non-hydrogen) atoms. The molecule has 0 N–H and O–H groups in total. The van der Waals surface area contributed by atoms with Crippen molar-refractivity contribution >= 4 is 0 Å². The smallest absolute Gasteiger partial charge is 0.0600 e. The van der Waals surface area contributed by atoms with E-state index in [9.17, 15) is 0 Å². The quantitative estimate of drug-likeness (QED) is 0.459. The molecular weight excluding hydrogens is 268 g/mol. The lowest BCUT2D eigenvalue weighted by atomic mass is 9.68. The first-order valence-corrected chi connectivity index (χ1v) is 10.4. The molecule has 1 nitrogen and oxygen atoms in total. The summed E-state index contributed by atoms with van der Waals surface area (Å²) in [5.41, 5.74) is 0. The molecule has 0 aliphatic heterocycles. The molecule has 2 rings (SSSR count). The topological polar surface area (TPSA) is 9.23 Å². The molecule has 3 unspecified atom stereocenters. The lowest BCUT2D eigenvalue weighted by molar-refractivity contribution is -0.0286. The van der Waals surface area contributed by atoms with Crippen molar-refractivity contribution in [3.05, 3.63) is 0 Å². The molecule has 2 aliphatic rings. The first kappa shape index (κ1) is 18.3. The zero-order chi connectivity index (χ0) is 15.8. The maximum Gasteiger partial charge on any atom is 0.0600 e. The van der Waals surface area contributed by atoms with Crippen LogP contribution in [0.15, 0.2) is 0 Å². The maximum atomic E-state index is 6.13. The van der Waals surface area contributed by atoms with Crippen LogP contribution in [0.25, 0.3) is 0 Å². The Morgan fingerprint density at radius 3 is 2.14 bits per heavy atom. The van der Waals surface area contributed by atoms with Crippen molar-refractivity contribution in [2.45, 2.75) is 104 Å². The zero-order valence-electron chi connectivity index (χ0n) is 15.5. The number of ether oxygens (including phenoxy) is 1. The van der Waals surface area contributed by atoms with E-state index >= 15 is 0 Å². The third-order valence-corrected chi connectivity index (χ3v) is 6.49. The Balaban J connectivity index is 1.68. The first-order valence-electron chi connectivity index (χ1n) is 10.4. The Hall–Kier alpha value is -0.0400. The Morgan fingerprint density at radius 1 is 0.818 bits per heavy atom. The fraction of sp³-hybridized carbons (Fsp3) is 1.00. The Morgan fingerprint density at radius 2 is 1.50 bits per heavy atom. The van der Waals surface area contributed by atoms with Crippen LogP contribution in [0.1, 0.15) is 97.8 Å². The predicted octanol–water partition coefficient (Wildman–Crippen LogP) is 6.60. The van der Waals surface area contributed by atoms with Gasteiger partial charge in [-0.25, -0.2) is 0 Å². The molecule has 0 radical (unpaired) electrons. The van der Waals surface area contributed by atoms with Crippen molar-refractivity contribution in [2.75, 3.05) is 6.61 Å². The van der Waals surface area contributed by atoms with Crippen molar-refractivity contribution in [2.24, 2.45) is 23.7 Å². The van der Waals surface area contributed by atoms with E-state index in [2.05, 4.69) is 20.8 Å². The minimum Gasteiger partial charge on any atom is -0.378 e. The highest BCUT2D eigenvalue weighted by molar-refractivity contribution is 4.85. The summed E-state index contributed by atoms with van der Waals surface area (Å²) in [6, 6.07) is 0. The summed E-state index contributed by atoms with van der Waals surface area (Å²) in [5, 5.41) is 0. The second-order valence-electron chi connectivity index (χ2n) is 8.24. The monoisotopic (exact) mass is 308 g/mol. The van der Waals surface area contributed by atoms with E-state index in [1.165, 1.54) is 77.0 Å². The van der Waals surface area contributed by atoms with E-state index in [-0.39, 0.29) is 0 Å². The van der Waals surface area contributed by atoms with Crippen LogP contribution in [0.4, 0.5) is 0 Å². The maximum absolute atomic E-state index is 6.13. The van der Waals surface area contributed by atoms with Crippen molar-refractivity contribution in [3.63, 3.8) is 0 Å². The van der Waals surface area contributed by atoms with Gasteiger partial charge in [-0.15, -0.1) is 0 Å². The highest BCUT2D eigenvalue weighted by atomic mass is 16.5. The summed E-state index contributed by atoms with van der Waals surface area (Å²) in [6.07, 6.45) is 17.6. The van der Waals surface area contributed by atoms with E-state index in [1.807, 2.05) is 0 Å². The third-order valence-electron chi connectivity index (χ3n) is 6.49. The Labute approximate surface area is 139 Å². The molecule has 2 saturated carbocycles. The first-order chi connectivity index (χ1) is 10.7. The number of hydrogen-bond acceptors (Lipinski definition) is 1. The van der Waals surface area contributed by atoms with Gasteiger partial charge >= 0.3 is 0 Å². The average molecular weight is 309 g/mol. The number of hydrogen-bond donors (Lipinski definition) is 0. The third kappa shape index (κ3) is 5.55. The highest BCUT2D eigenvalue weighted by Gasteiger charge is 2.34. The number of rotatable bonds is 8. The highest BCUT2D eigenvalue weighted by Crippen LogP contribution is 2.43. The molecule has 0 bridgehead atoms. The molecule has 130 valence electrons. The van der Waals surface area contributed by atoms with Crippen LogP contribution in [0.2, 0.25) is 0 Å². The van der Waals surface area contributed by atoms with Gasteiger partial charge in [-0.1, -0.05) is 59.3 Å². The van der Waals surface area contributed by atoms with E-state index in [0.717, 1.165) is 30.3 Å². The van der Waals surface area contributed by atoms with E-state index in [1.54, 1.807) is 0 Å². The molecule has 2 aliphatic carbocycles. The summed E-state index contributed by atoms with van der Waals surface area (Å²) < 4.78 is 6.13. The van der Waals surface area contributed by atoms with Crippen LogP contribution in [-0.4, -0.2) is 12.7 Å². The van der Waals surface area contributed by atoms with Crippen LogP contribution in [0.3, 0.4) is 0 Å². The van der Waals surface area contributed by atoms with Gasteiger partial charge in [0, 0.05) is 6.61 Å². The van der Waals surface area contributed by atoms with Crippen LogP contribution in [0.5, 0.6) is 0 Å². The average Bonchev–Trinajstić information content (AvgIpc) is 2.55. The summed E-state index contributed by atoms with van der Waals surface area (Å²) in [4.78, 5) is 0. The summed E-state index contributed by atoms with van der Waals surface area (Å²) in [6.45, 7) is 8.00. The molecule has 0 heterocycles. The molecule has 2 fully saturated rings. The minimum atomic E-state index is 0.559. The van der Waals surface area contributed by atoms with Crippen LogP contribution in [-0.2, 0) is 4.74 Å². The molecule has 0 amide bonds. The Bertz CT molecular complexity index is 280. The van der Waals surface area contributed by atoms with Crippen LogP contribution >= 0.6 is 0 Å². The van der Waals surface area contributed by atoms with Gasteiger partial charge in [0.15, 0.2) is 0 Å². The van der Waals surface area contributed by atoms with Gasteiger partial charge in [0.25, 0.3) is 0 Å². The van der Waals surface area contributed by atoms with Gasteiger partial charge in [0.2, 0.25) is 0 Å². The molecular formula is C21H40O. The summed E-state index contributed by atoms with van der Waals surface area (Å²) in [7, 11) is 0. The SMILES string of the molecule is CCCCOC1CCC([C@H]2CC[C@H](CCCC)CC2)CC1C. The van der Waals surface area contributed by atoms with Gasteiger partial charge in [0.05, 0.1) is 6.10 Å². The fourth-order valence-electron chi connectivity index (χ4n) is 4.91. The number of unbranched alkanes of at least 4 members (excludes halogenated alkanes) is 2. The normalized spacial score (nSPS) is 36.4. The molecule has 0 saturated heterocycles. The minimum absolute atomic E-state index is 0.559. The molecule has 3 atom stereocenters. The largest absolute Gasteiger partial charge is 0.378 e. The van der Waals surface area contributed by atoms with Gasteiger partial charge in [-0.3, -0.25) is 0 Å². The molecule has 0 spiro atoms. The van der Waals surface area contributed by atoms with Gasteiger partial charge in [-0.2, -0.15) is 0 Å². The molecule has 1 heteroatoms. The second-order valence-corrected chi connectivity index (χ2v) is 8.24. The van der Waals surface area contributed by atoms with Gasteiger partial charge < -0.3 is 4.74 Å². The molecule has 0 aromatic carbocycles. The predicted molar refractivity (Wildman–Crippen MR) is 96.1 cm³/mol.